The Bertz CT molecular complexity index is 1150. The van der Waals surface area contributed by atoms with Gasteiger partial charge >= 0.3 is 0 Å². The third-order valence-electron chi connectivity index (χ3n) is 5.48. The third-order valence-corrected chi connectivity index (χ3v) is 5.48. The summed E-state index contributed by atoms with van der Waals surface area (Å²) in [6, 6.07) is 24.7. The second kappa shape index (κ2) is 8.48. The molecule has 4 rings (SSSR count). The summed E-state index contributed by atoms with van der Waals surface area (Å²) in [6.45, 7) is 2.13. The molecule has 0 spiro atoms. The second-order valence-electron chi connectivity index (χ2n) is 7.49. The van der Waals surface area contributed by atoms with Crippen LogP contribution in [0.25, 0.3) is 5.57 Å². The molecule has 2 amide bonds. The number of likely N-dealkylation sites (N-methyl/N-ethyl adjacent to an activating group) is 1. The molecule has 1 heterocycles. The van der Waals surface area contributed by atoms with Crippen LogP contribution in [0.4, 0.5) is 5.69 Å². The lowest BCUT2D eigenvalue weighted by Crippen LogP contribution is -2.33. The Labute approximate surface area is 182 Å². The molecule has 5 nitrogen and oxygen atoms in total. The number of nitrogens with zero attached hydrogens (tertiary/aromatic N) is 2. The number of para-hydroxylation sites is 2. The fourth-order valence-corrected chi connectivity index (χ4v) is 3.78. The number of anilines is 1. The average molecular weight is 412 g/mol. The van der Waals surface area contributed by atoms with Gasteiger partial charge in [-0.2, -0.15) is 0 Å². The van der Waals surface area contributed by atoms with E-state index < -0.39 is 0 Å². The van der Waals surface area contributed by atoms with Crippen LogP contribution >= 0.6 is 0 Å². The topological polar surface area (TPSA) is 49.9 Å². The van der Waals surface area contributed by atoms with Gasteiger partial charge in [0.05, 0.1) is 19.2 Å². The first-order valence-corrected chi connectivity index (χ1v) is 10.1. The van der Waals surface area contributed by atoms with Crippen molar-refractivity contribution in [1.29, 1.82) is 0 Å². The van der Waals surface area contributed by atoms with Gasteiger partial charge in [0, 0.05) is 18.3 Å². The summed E-state index contributed by atoms with van der Waals surface area (Å²) in [6.07, 6.45) is 0. The lowest BCUT2D eigenvalue weighted by Gasteiger charge is -2.22. The number of carbonyl (C=O) groups excluding carboxylic acids is 2. The molecule has 1 aliphatic heterocycles. The molecule has 1 aliphatic rings. The molecule has 0 aliphatic carbocycles. The highest BCUT2D eigenvalue weighted by molar-refractivity contribution is 6.36. The average Bonchev–Trinajstić information content (AvgIpc) is 3.05. The van der Waals surface area contributed by atoms with E-state index >= 15 is 0 Å². The van der Waals surface area contributed by atoms with Crippen molar-refractivity contribution >= 4 is 23.1 Å². The smallest absolute Gasteiger partial charge is 0.278 e. The van der Waals surface area contributed by atoms with Gasteiger partial charge in [-0.1, -0.05) is 66.2 Å². The molecule has 3 aromatic carbocycles. The Morgan fingerprint density at radius 1 is 0.839 bits per heavy atom. The first-order valence-electron chi connectivity index (χ1n) is 10.1. The largest absolute Gasteiger partial charge is 0.496 e. The van der Waals surface area contributed by atoms with E-state index in [0.717, 1.165) is 22.4 Å². The molecular weight excluding hydrogens is 388 g/mol. The van der Waals surface area contributed by atoms with E-state index in [2.05, 4.69) is 0 Å². The lowest BCUT2D eigenvalue weighted by atomic mass is 10.0. The van der Waals surface area contributed by atoms with Crippen LogP contribution < -0.4 is 9.64 Å². The van der Waals surface area contributed by atoms with Crippen LogP contribution in [0.5, 0.6) is 5.75 Å². The van der Waals surface area contributed by atoms with Gasteiger partial charge in [0.1, 0.15) is 11.4 Å². The van der Waals surface area contributed by atoms with Crippen LogP contribution in [-0.2, 0) is 16.1 Å². The molecule has 0 N–H and O–H groups in total. The highest BCUT2D eigenvalue weighted by Crippen LogP contribution is 2.35. The predicted molar refractivity (Wildman–Crippen MR) is 121 cm³/mol. The van der Waals surface area contributed by atoms with Crippen molar-refractivity contribution < 1.29 is 14.3 Å². The zero-order chi connectivity index (χ0) is 22.0. The Morgan fingerprint density at radius 3 is 2.16 bits per heavy atom. The van der Waals surface area contributed by atoms with E-state index in [-0.39, 0.29) is 18.4 Å². The summed E-state index contributed by atoms with van der Waals surface area (Å²) < 4.78 is 5.42. The second-order valence-corrected chi connectivity index (χ2v) is 7.49. The number of hydrogen-bond donors (Lipinski definition) is 0. The van der Waals surface area contributed by atoms with E-state index in [1.54, 1.807) is 12.0 Å². The molecule has 156 valence electrons. The monoisotopic (exact) mass is 412 g/mol. The summed E-state index contributed by atoms with van der Waals surface area (Å²) in [4.78, 5) is 30.2. The Kier molecular flexibility index (Phi) is 5.58. The summed E-state index contributed by atoms with van der Waals surface area (Å²) >= 11 is 0. The van der Waals surface area contributed by atoms with Crippen LogP contribution in [0.3, 0.4) is 0 Å². The van der Waals surface area contributed by atoms with Gasteiger partial charge in [0.25, 0.3) is 11.8 Å². The predicted octanol–water partition coefficient (Wildman–Crippen LogP) is 4.42. The number of methoxy groups -OCH3 is 1. The molecule has 0 saturated heterocycles. The summed E-state index contributed by atoms with van der Waals surface area (Å²) in [7, 11) is 3.40. The fourth-order valence-electron chi connectivity index (χ4n) is 3.78. The number of benzene rings is 3. The van der Waals surface area contributed by atoms with Crippen molar-refractivity contribution in [2.24, 2.45) is 0 Å². The van der Waals surface area contributed by atoms with E-state index in [1.807, 2.05) is 92.8 Å². The van der Waals surface area contributed by atoms with Gasteiger partial charge in [-0.3, -0.25) is 14.5 Å². The van der Waals surface area contributed by atoms with Crippen molar-refractivity contribution in [2.75, 3.05) is 19.1 Å². The molecule has 0 radical (unpaired) electrons. The summed E-state index contributed by atoms with van der Waals surface area (Å²) in [5.74, 6) is 0.0141. The van der Waals surface area contributed by atoms with E-state index in [0.29, 0.717) is 17.0 Å². The van der Waals surface area contributed by atoms with Gasteiger partial charge in [-0.05, 0) is 30.7 Å². The summed E-state index contributed by atoms with van der Waals surface area (Å²) in [5, 5.41) is 0. The Hall–Kier alpha value is -3.86. The fraction of sp³-hybridized carbons (Fsp3) is 0.154. The maximum Gasteiger partial charge on any atom is 0.278 e. The summed E-state index contributed by atoms with van der Waals surface area (Å²) in [5.41, 5.74) is 4.20. The number of aryl methyl sites for hydroxylation is 1. The van der Waals surface area contributed by atoms with Crippen molar-refractivity contribution in [1.82, 2.24) is 4.90 Å². The van der Waals surface area contributed by atoms with Gasteiger partial charge in [-0.25, -0.2) is 0 Å². The molecule has 3 aromatic rings. The minimum Gasteiger partial charge on any atom is -0.496 e. The van der Waals surface area contributed by atoms with Crippen LogP contribution in [0.1, 0.15) is 16.7 Å². The SMILES string of the molecule is COc1ccccc1CN1C(=O)C(c2ccc(C)cc2)=C(N(C)c2ccccc2)C1=O. The van der Waals surface area contributed by atoms with Crippen molar-refractivity contribution in [3.8, 4) is 5.75 Å². The van der Waals surface area contributed by atoms with E-state index in [1.165, 1.54) is 4.90 Å². The highest BCUT2D eigenvalue weighted by Gasteiger charge is 2.41. The van der Waals surface area contributed by atoms with Crippen molar-refractivity contribution in [2.45, 2.75) is 13.5 Å². The van der Waals surface area contributed by atoms with Gasteiger partial charge < -0.3 is 9.64 Å². The van der Waals surface area contributed by atoms with Crippen LogP contribution in [-0.4, -0.2) is 30.9 Å². The number of hydrogen-bond acceptors (Lipinski definition) is 4. The first-order chi connectivity index (χ1) is 15.0. The number of ether oxygens (including phenoxy) is 1. The minimum absolute atomic E-state index is 0.142. The van der Waals surface area contributed by atoms with Crippen LogP contribution in [0.2, 0.25) is 0 Å². The zero-order valence-corrected chi connectivity index (χ0v) is 17.8. The van der Waals surface area contributed by atoms with Gasteiger partial charge in [0.15, 0.2) is 0 Å². The molecule has 0 bridgehead atoms. The molecule has 5 heteroatoms. The molecule has 0 atom stereocenters. The number of imide groups is 1. The molecule has 0 saturated carbocycles. The van der Waals surface area contributed by atoms with Gasteiger partial charge in [0.2, 0.25) is 0 Å². The van der Waals surface area contributed by atoms with Crippen LogP contribution in [0, 0.1) is 6.92 Å². The van der Waals surface area contributed by atoms with Gasteiger partial charge in [-0.15, -0.1) is 0 Å². The van der Waals surface area contributed by atoms with E-state index in [9.17, 15) is 9.59 Å². The maximum atomic E-state index is 13.6. The zero-order valence-electron chi connectivity index (χ0n) is 17.8. The normalized spacial score (nSPS) is 13.7. The Balaban J connectivity index is 1.79. The molecule has 0 fully saturated rings. The van der Waals surface area contributed by atoms with Crippen molar-refractivity contribution in [3.05, 3.63) is 101 Å². The molecule has 31 heavy (non-hydrogen) atoms. The molecule has 0 unspecified atom stereocenters. The third kappa shape index (κ3) is 3.82. The number of rotatable bonds is 6. The number of carbonyl (C=O) groups is 2. The first kappa shape index (κ1) is 20.4. The standard InChI is InChI=1S/C26H24N2O3/c1-18-13-15-19(16-14-18)23-24(27(2)21-10-5-4-6-11-21)26(30)28(25(23)29)17-20-9-7-8-12-22(20)31-3/h4-16H,17H2,1-3H3. The quantitative estimate of drug-likeness (QED) is 0.563. The molecular formula is C26H24N2O3. The van der Waals surface area contributed by atoms with Crippen molar-refractivity contribution in [3.63, 3.8) is 0 Å². The van der Waals surface area contributed by atoms with Crippen LogP contribution in [0.15, 0.2) is 84.6 Å². The van der Waals surface area contributed by atoms with E-state index in [4.69, 9.17) is 4.74 Å². The highest BCUT2D eigenvalue weighted by atomic mass is 16.5. The maximum absolute atomic E-state index is 13.6. The lowest BCUT2D eigenvalue weighted by molar-refractivity contribution is -0.137. The number of amides is 2. The minimum atomic E-state index is -0.321. The molecule has 0 aromatic heterocycles. The Morgan fingerprint density at radius 2 is 1.48 bits per heavy atom.